The van der Waals surface area contributed by atoms with Gasteiger partial charge in [0.1, 0.15) is 4.90 Å². The Morgan fingerprint density at radius 1 is 0.683 bits per heavy atom. The van der Waals surface area contributed by atoms with Gasteiger partial charge in [0.05, 0.1) is 16.3 Å². The molecule has 16 heteroatoms. The largest absolute Gasteiger partial charge is 0.399 e. The molecular weight excluding hydrogens is 596 g/mol. The van der Waals surface area contributed by atoms with Crippen molar-refractivity contribution in [3.8, 4) is 0 Å². The molecule has 0 amide bonds. The van der Waals surface area contributed by atoms with Crippen LogP contribution in [-0.4, -0.2) is 44.7 Å². The fourth-order valence-corrected chi connectivity index (χ4v) is 6.65. The second-order valence-corrected chi connectivity index (χ2v) is 13.2. The van der Waals surface area contributed by atoms with Crippen molar-refractivity contribution in [3.63, 3.8) is 0 Å². The molecule has 0 heterocycles. The van der Waals surface area contributed by atoms with Crippen molar-refractivity contribution in [1.29, 1.82) is 0 Å². The molecule has 0 radical (unpaired) electrons. The van der Waals surface area contributed by atoms with Crippen LogP contribution in [-0.2, 0) is 36.9 Å². The van der Waals surface area contributed by atoms with Gasteiger partial charge in [0, 0.05) is 29.2 Å². The maximum Gasteiger partial charge on any atom is 0.297 e. The first-order valence-corrected chi connectivity index (χ1v) is 16.1. The Hall–Kier alpha value is -3.77. The van der Waals surface area contributed by atoms with E-state index in [1.807, 2.05) is 0 Å². The molecular formula is C25H28N4O9S3. The van der Waals surface area contributed by atoms with Crippen molar-refractivity contribution < 1.29 is 38.9 Å². The second kappa shape index (κ2) is 12.0. The summed E-state index contributed by atoms with van der Waals surface area (Å²) >= 11 is 0. The van der Waals surface area contributed by atoms with Gasteiger partial charge in [-0.3, -0.25) is 13.7 Å². The van der Waals surface area contributed by atoms with Gasteiger partial charge in [-0.1, -0.05) is 42.5 Å². The van der Waals surface area contributed by atoms with Gasteiger partial charge in [-0.05, 0) is 52.4 Å². The predicted molar refractivity (Wildman–Crippen MR) is 156 cm³/mol. The number of hydrogen-bond donors (Lipinski definition) is 7. The fourth-order valence-electron chi connectivity index (χ4n) is 4.24. The highest BCUT2D eigenvalue weighted by Crippen LogP contribution is 2.33. The van der Waals surface area contributed by atoms with E-state index in [1.54, 1.807) is 24.3 Å². The van der Waals surface area contributed by atoms with Gasteiger partial charge in [0.15, 0.2) is 0 Å². The average molecular weight is 625 g/mol. The van der Waals surface area contributed by atoms with E-state index in [2.05, 4.69) is 0 Å². The normalized spacial score (nSPS) is 12.9. The maximum atomic E-state index is 11.6. The lowest BCUT2D eigenvalue weighted by molar-refractivity contribution is 0.474. The first-order chi connectivity index (χ1) is 18.9. The van der Waals surface area contributed by atoms with Crippen molar-refractivity contribution in [2.24, 2.45) is 5.73 Å². The van der Waals surface area contributed by atoms with E-state index in [4.69, 9.17) is 22.9 Å². The molecule has 4 aromatic carbocycles. The molecule has 11 N–H and O–H groups in total. The first kappa shape index (κ1) is 31.8. The molecule has 41 heavy (non-hydrogen) atoms. The fraction of sp³-hybridized carbons (Fsp3) is 0.120. The quantitative estimate of drug-likeness (QED) is 0.115. The Morgan fingerprint density at radius 2 is 1.29 bits per heavy atom. The minimum Gasteiger partial charge on any atom is -0.399 e. The monoisotopic (exact) mass is 624 g/mol. The summed E-state index contributed by atoms with van der Waals surface area (Å²) in [7, 11) is -13.4. The van der Waals surface area contributed by atoms with Crippen LogP contribution in [0.5, 0.6) is 0 Å². The number of benzene rings is 4. The van der Waals surface area contributed by atoms with Gasteiger partial charge in [-0.25, -0.2) is 0 Å². The number of fused-ring (bicyclic) bond motifs is 1. The highest BCUT2D eigenvalue weighted by Gasteiger charge is 2.27. The summed E-state index contributed by atoms with van der Waals surface area (Å²) in [4.78, 5) is -0.779. The second-order valence-electron chi connectivity index (χ2n) is 8.92. The lowest BCUT2D eigenvalue weighted by Crippen LogP contribution is -2.18. The number of nitrogen functional groups attached to an aromatic ring is 3. The predicted octanol–water partition coefficient (Wildman–Crippen LogP) is 2.24. The summed E-state index contributed by atoms with van der Waals surface area (Å²) in [6.07, 6.45) is 0. The van der Waals surface area contributed by atoms with Crippen LogP contribution in [0.2, 0.25) is 0 Å². The molecule has 0 bridgehead atoms. The van der Waals surface area contributed by atoms with E-state index in [9.17, 15) is 38.9 Å². The van der Waals surface area contributed by atoms with E-state index < -0.39 is 46.9 Å². The Labute approximate surface area is 237 Å². The van der Waals surface area contributed by atoms with E-state index in [1.165, 1.54) is 42.5 Å². The average Bonchev–Trinajstić information content (AvgIpc) is 2.86. The van der Waals surface area contributed by atoms with Gasteiger partial charge >= 0.3 is 0 Å². The van der Waals surface area contributed by atoms with Crippen LogP contribution >= 0.6 is 0 Å². The van der Waals surface area contributed by atoms with Gasteiger partial charge < -0.3 is 22.9 Å². The molecule has 0 saturated carbocycles. The Balaban J connectivity index is 0.000000239. The molecule has 1 atom stereocenters. The van der Waals surface area contributed by atoms with Crippen molar-refractivity contribution in [2.75, 3.05) is 23.0 Å². The first-order valence-electron chi connectivity index (χ1n) is 11.6. The summed E-state index contributed by atoms with van der Waals surface area (Å²) in [5.41, 5.74) is 24.0. The van der Waals surface area contributed by atoms with Gasteiger partial charge in [0.25, 0.3) is 30.4 Å². The molecule has 0 spiro atoms. The van der Waals surface area contributed by atoms with Crippen LogP contribution in [0, 0.1) is 0 Å². The van der Waals surface area contributed by atoms with E-state index in [0.717, 1.165) is 11.6 Å². The van der Waals surface area contributed by atoms with E-state index >= 15 is 0 Å². The minimum atomic E-state index is -4.65. The summed E-state index contributed by atoms with van der Waals surface area (Å²) < 4.78 is 96.5. The molecule has 0 aliphatic rings. The maximum absolute atomic E-state index is 11.6. The number of rotatable bonds is 7. The van der Waals surface area contributed by atoms with Crippen LogP contribution in [0.1, 0.15) is 22.6 Å². The highest BCUT2D eigenvalue weighted by molar-refractivity contribution is 7.86. The SMILES string of the molecule is NCc1cccc2c(S(=O)(=O)O)c(N)ccc12.Nc1ccc(C(CS(=O)(=O)O)c2ccc(N)cc2S(=O)(=O)O)cc1. The molecule has 0 aliphatic heterocycles. The van der Waals surface area contributed by atoms with Crippen molar-refractivity contribution in [3.05, 3.63) is 89.5 Å². The van der Waals surface area contributed by atoms with Gasteiger partial charge in [-0.15, -0.1) is 0 Å². The molecule has 4 aromatic rings. The third kappa shape index (κ3) is 7.92. The van der Waals surface area contributed by atoms with E-state index in [-0.39, 0.29) is 28.4 Å². The summed E-state index contributed by atoms with van der Waals surface area (Å²) in [6, 6.07) is 17.9. The Kier molecular flexibility index (Phi) is 9.29. The standard InChI is InChI=1S/C14H16N2O6S2.C11H12N2O3S/c15-10-3-1-9(2-4-10)13(8-23(17,18)19)12-6-5-11(16)7-14(12)24(20,21)22;12-6-7-2-1-3-9-8(7)4-5-10(13)11(9)17(14,15)16/h1-7,13H,8,15-16H2,(H,17,18,19)(H,20,21,22);1-5H,6,12-13H2,(H,14,15,16). The summed E-state index contributed by atoms with van der Waals surface area (Å²) in [5, 5.41) is 1.06. The third-order valence-corrected chi connectivity index (χ3v) is 8.65. The molecule has 1 unspecified atom stereocenters. The third-order valence-electron chi connectivity index (χ3n) is 6.02. The molecule has 220 valence electrons. The van der Waals surface area contributed by atoms with Crippen molar-refractivity contribution in [2.45, 2.75) is 22.3 Å². The molecule has 0 aromatic heterocycles. The van der Waals surface area contributed by atoms with Crippen LogP contribution < -0.4 is 22.9 Å². The number of hydrogen-bond acceptors (Lipinski definition) is 10. The van der Waals surface area contributed by atoms with Crippen LogP contribution in [0.15, 0.2) is 82.6 Å². The molecule has 0 aliphatic carbocycles. The lowest BCUT2D eigenvalue weighted by atomic mass is 9.92. The van der Waals surface area contributed by atoms with Crippen LogP contribution in [0.4, 0.5) is 17.1 Å². The molecule has 13 nitrogen and oxygen atoms in total. The van der Waals surface area contributed by atoms with Crippen molar-refractivity contribution >= 4 is 58.2 Å². The summed E-state index contributed by atoms with van der Waals surface area (Å²) in [5.74, 6) is -1.82. The minimum absolute atomic E-state index is 0.00547. The van der Waals surface area contributed by atoms with E-state index in [0.29, 0.717) is 22.0 Å². The van der Waals surface area contributed by atoms with Gasteiger partial charge in [-0.2, -0.15) is 25.3 Å². The Morgan fingerprint density at radius 3 is 1.83 bits per heavy atom. The smallest absolute Gasteiger partial charge is 0.297 e. The number of nitrogens with two attached hydrogens (primary N) is 4. The summed E-state index contributed by atoms with van der Waals surface area (Å²) in [6.45, 7) is 0.284. The topological polar surface area (TPSA) is 267 Å². The number of anilines is 3. The highest BCUT2D eigenvalue weighted by atomic mass is 32.2. The molecule has 4 rings (SSSR count). The Bertz CT molecular complexity index is 1910. The van der Waals surface area contributed by atoms with Crippen molar-refractivity contribution in [1.82, 2.24) is 0 Å². The molecule has 0 fully saturated rings. The molecule has 0 saturated heterocycles. The van der Waals surface area contributed by atoms with Crippen LogP contribution in [0.3, 0.4) is 0 Å². The van der Waals surface area contributed by atoms with Crippen LogP contribution in [0.25, 0.3) is 10.8 Å². The zero-order valence-corrected chi connectivity index (χ0v) is 23.7. The lowest BCUT2D eigenvalue weighted by Gasteiger charge is -2.19. The zero-order valence-electron chi connectivity index (χ0n) is 21.2. The zero-order chi connectivity index (χ0) is 30.8. The van der Waals surface area contributed by atoms with Gasteiger partial charge in [0.2, 0.25) is 0 Å².